The van der Waals surface area contributed by atoms with E-state index in [-0.39, 0.29) is 11.8 Å². The van der Waals surface area contributed by atoms with Gasteiger partial charge in [-0.1, -0.05) is 18.2 Å². The number of benzene rings is 2. The molecule has 0 bridgehead atoms. The maximum atomic E-state index is 12.7. The Morgan fingerprint density at radius 3 is 2.56 bits per heavy atom. The number of aryl methyl sites for hydroxylation is 1. The van der Waals surface area contributed by atoms with Crippen molar-refractivity contribution in [3.05, 3.63) is 54.1 Å². The van der Waals surface area contributed by atoms with Gasteiger partial charge < -0.3 is 10.1 Å². The predicted molar refractivity (Wildman–Crippen MR) is 98.0 cm³/mol. The minimum atomic E-state index is -0.589. The van der Waals surface area contributed by atoms with Crippen molar-refractivity contribution in [1.82, 2.24) is 0 Å². The van der Waals surface area contributed by atoms with Gasteiger partial charge in [-0.3, -0.25) is 14.5 Å². The van der Waals surface area contributed by atoms with Crippen LogP contribution in [-0.4, -0.2) is 25.0 Å². The summed E-state index contributed by atoms with van der Waals surface area (Å²) in [5.74, 6) is 0.500. The maximum Gasteiger partial charge on any atom is 0.247 e. The summed E-state index contributed by atoms with van der Waals surface area (Å²) in [6, 6.07) is 14.3. The van der Waals surface area contributed by atoms with Crippen LogP contribution in [0, 0.1) is 0 Å². The summed E-state index contributed by atoms with van der Waals surface area (Å²) in [5, 5.41) is 2.87. The van der Waals surface area contributed by atoms with Crippen molar-refractivity contribution < 1.29 is 14.3 Å². The lowest BCUT2D eigenvalue weighted by Crippen LogP contribution is -2.45. The second-order valence-corrected chi connectivity index (χ2v) is 6.14. The highest BCUT2D eigenvalue weighted by molar-refractivity contribution is 6.05. The summed E-state index contributed by atoms with van der Waals surface area (Å²) >= 11 is 0. The van der Waals surface area contributed by atoms with Crippen LogP contribution in [0.4, 0.5) is 11.4 Å². The fraction of sp³-hybridized carbons (Fsp3) is 0.300. The molecule has 1 atom stereocenters. The predicted octanol–water partition coefficient (Wildman–Crippen LogP) is 3.39. The van der Waals surface area contributed by atoms with E-state index in [2.05, 4.69) is 5.32 Å². The molecular formula is C20H22N2O3. The molecule has 5 heteroatoms. The third-order valence-corrected chi connectivity index (χ3v) is 4.48. The number of hydrogen-bond acceptors (Lipinski definition) is 3. The van der Waals surface area contributed by atoms with E-state index in [0.29, 0.717) is 12.1 Å². The zero-order valence-corrected chi connectivity index (χ0v) is 14.5. The van der Waals surface area contributed by atoms with Crippen LogP contribution in [0.2, 0.25) is 0 Å². The van der Waals surface area contributed by atoms with E-state index in [9.17, 15) is 9.59 Å². The molecule has 0 unspecified atom stereocenters. The molecule has 0 spiro atoms. The van der Waals surface area contributed by atoms with Crippen LogP contribution in [-0.2, 0) is 16.0 Å². The lowest BCUT2D eigenvalue weighted by molar-refractivity contribution is -0.123. The number of para-hydroxylation sites is 1. The number of fused-ring (bicyclic) bond motifs is 1. The highest BCUT2D eigenvalue weighted by Crippen LogP contribution is 2.29. The van der Waals surface area contributed by atoms with Gasteiger partial charge >= 0.3 is 0 Å². The summed E-state index contributed by atoms with van der Waals surface area (Å²) < 4.78 is 5.12. The Kier molecular flexibility index (Phi) is 5.03. The van der Waals surface area contributed by atoms with Crippen LogP contribution in [0.15, 0.2) is 48.5 Å². The van der Waals surface area contributed by atoms with E-state index < -0.39 is 6.04 Å². The smallest absolute Gasteiger partial charge is 0.247 e. The van der Waals surface area contributed by atoms with Crippen molar-refractivity contribution in [3.8, 4) is 5.75 Å². The van der Waals surface area contributed by atoms with Crippen LogP contribution < -0.4 is 15.0 Å². The Morgan fingerprint density at radius 2 is 1.84 bits per heavy atom. The molecule has 1 aliphatic heterocycles. The standard InChI is InChI=1S/C20H22N2O3/c1-14(20(24)21-16-10-12-17(25-2)13-11-16)22-18-8-4-3-6-15(18)7-5-9-19(22)23/h3-4,6,8,10-14H,5,7,9H2,1-2H3,(H,21,24)/t14-/m0/s1. The Labute approximate surface area is 147 Å². The van der Waals surface area contributed by atoms with E-state index in [4.69, 9.17) is 4.74 Å². The average Bonchev–Trinajstić information content (AvgIpc) is 2.80. The molecule has 1 aliphatic rings. The number of nitrogens with one attached hydrogen (secondary N) is 1. The Balaban J connectivity index is 1.81. The van der Waals surface area contributed by atoms with Crippen LogP contribution in [0.25, 0.3) is 0 Å². The van der Waals surface area contributed by atoms with E-state index in [1.165, 1.54) is 0 Å². The fourth-order valence-electron chi connectivity index (χ4n) is 3.11. The highest BCUT2D eigenvalue weighted by Gasteiger charge is 2.30. The Bertz CT molecular complexity index is 771. The van der Waals surface area contributed by atoms with Crippen LogP contribution in [0.3, 0.4) is 0 Å². The quantitative estimate of drug-likeness (QED) is 0.929. The molecule has 25 heavy (non-hydrogen) atoms. The zero-order valence-electron chi connectivity index (χ0n) is 14.5. The van der Waals surface area contributed by atoms with Gasteiger partial charge in [0.05, 0.1) is 7.11 Å². The molecule has 0 aliphatic carbocycles. The van der Waals surface area contributed by atoms with Gasteiger partial charge in [0, 0.05) is 17.8 Å². The first-order valence-corrected chi connectivity index (χ1v) is 8.45. The van der Waals surface area contributed by atoms with E-state index in [0.717, 1.165) is 29.8 Å². The topological polar surface area (TPSA) is 58.6 Å². The highest BCUT2D eigenvalue weighted by atomic mass is 16.5. The summed E-state index contributed by atoms with van der Waals surface area (Å²) in [5.41, 5.74) is 2.62. The monoisotopic (exact) mass is 338 g/mol. The molecule has 0 fully saturated rings. The summed E-state index contributed by atoms with van der Waals surface area (Å²) in [6.07, 6.45) is 2.11. The fourth-order valence-corrected chi connectivity index (χ4v) is 3.11. The van der Waals surface area contributed by atoms with Crippen molar-refractivity contribution in [1.29, 1.82) is 0 Å². The first-order chi connectivity index (χ1) is 12.1. The van der Waals surface area contributed by atoms with Crippen molar-refractivity contribution in [2.24, 2.45) is 0 Å². The summed E-state index contributed by atoms with van der Waals surface area (Å²) in [7, 11) is 1.60. The van der Waals surface area contributed by atoms with Gasteiger partial charge in [0.15, 0.2) is 0 Å². The average molecular weight is 338 g/mol. The van der Waals surface area contributed by atoms with Gasteiger partial charge in [-0.05, 0) is 55.7 Å². The maximum absolute atomic E-state index is 12.7. The normalized spacial score (nSPS) is 15.1. The number of nitrogens with zero attached hydrogens (tertiary/aromatic N) is 1. The van der Waals surface area contributed by atoms with E-state index >= 15 is 0 Å². The van der Waals surface area contributed by atoms with E-state index in [1.54, 1.807) is 43.2 Å². The number of carbonyl (C=O) groups is 2. The van der Waals surface area contributed by atoms with Crippen LogP contribution in [0.1, 0.15) is 25.3 Å². The Morgan fingerprint density at radius 1 is 1.12 bits per heavy atom. The molecular weight excluding hydrogens is 316 g/mol. The number of amides is 2. The second-order valence-electron chi connectivity index (χ2n) is 6.14. The number of carbonyl (C=O) groups excluding carboxylic acids is 2. The molecule has 1 N–H and O–H groups in total. The van der Waals surface area contributed by atoms with Gasteiger partial charge in [0.2, 0.25) is 11.8 Å². The lowest BCUT2D eigenvalue weighted by Gasteiger charge is -2.28. The lowest BCUT2D eigenvalue weighted by atomic mass is 10.1. The molecule has 3 rings (SSSR count). The number of rotatable bonds is 4. The zero-order chi connectivity index (χ0) is 17.8. The summed E-state index contributed by atoms with van der Waals surface area (Å²) in [6.45, 7) is 1.76. The minimum Gasteiger partial charge on any atom is -0.497 e. The minimum absolute atomic E-state index is 0.0117. The van der Waals surface area contributed by atoms with Gasteiger partial charge in [-0.15, -0.1) is 0 Å². The molecule has 2 amide bonds. The Hall–Kier alpha value is -2.82. The van der Waals surface area contributed by atoms with Crippen molar-refractivity contribution in [3.63, 3.8) is 0 Å². The third-order valence-electron chi connectivity index (χ3n) is 4.48. The molecule has 5 nitrogen and oxygen atoms in total. The third kappa shape index (κ3) is 3.65. The first kappa shape index (κ1) is 17.0. The van der Waals surface area contributed by atoms with Crippen molar-refractivity contribution in [2.75, 3.05) is 17.3 Å². The second kappa shape index (κ2) is 7.38. The molecule has 1 heterocycles. The molecule has 0 saturated carbocycles. The van der Waals surface area contributed by atoms with Crippen molar-refractivity contribution >= 4 is 23.2 Å². The molecule has 2 aromatic carbocycles. The number of anilines is 2. The molecule has 130 valence electrons. The van der Waals surface area contributed by atoms with Gasteiger partial charge in [0.25, 0.3) is 0 Å². The molecule has 0 saturated heterocycles. The molecule has 0 radical (unpaired) electrons. The number of hydrogen-bond donors (Lipinski definition) is 1. The van der Waals surface area contributed by atoms with Crippen molar-refractivity contribution in [2.45, 2.75) is 32.2 Å². The SMILES string of the molecule is COc1ccc(NC(=O)[C@H](C)N2C(=O)CCCc3ccccc32)cc1. The number of methoxy groups -OCH3 is 1. The van der Waals surface area contributed by atoms with E-state index in [1.807, 2.05) is 24.3 Å². The first-order valence-electron chi connectivity index (χ1n) is 8.45. The number of ether oxygens (including phenoxy) is 1. The van der Waals surface area contributed by atoms with Gasteiger partial charge in [0.1, 0.15) is 11.8 Å². The van der Waals surface area contributed by atoms with Gasteiger partial charge in [-0.2, -0.15) is 0 Å². The summed E-state index contributed by atoms with van der Waals surface area (Å²) in [4.78, 5) is 26.9. The molecule has 2 aromatic rings. The molecule has 0 aromatic heterocycles. The largest absolute Gasteiger partial charge is 0.497 e. The van der Waals surface area contributed by atoms with Crippen LogP contribution >= 0.6 is 0 Å². The van der Waals surface area contributed by atoms with Crippen LogP contribution in [0.5, 0.6) is 5.75 Å². The van der Waals surface area contributed by atoms with Gasteiger partial charge in [-0.25, -0.2) is 0 Å².